The second-order valence-electron chi connectivity index (χ2n) is 8.58. The van der Waals surface area contributed by atoms with Crippen molar-refractivity contribution in [3.63, 3.8) is 0 Å². The summed E-state index contributed by atoms with van der Waals surface area (Å²) in [6.45, 7) is 3.56. The Morgan fingerprint density at radius 2 is 1.83 bits per heavy atom. The van der Waals surface area contributed by atoms with E-state index in [0.717, 1.165) is 24.1 Å². The van der Waals surface area contributed by atoms with Gasteiger partial charge in [0, 0.05) is 29.9 Å². The lowest BCUT2D eigenvalue weighted by Gasteiger charge is -2.40. The van der Waals surface area contributed by atoms with Crippen molar-refractivity contribution in [3.8, 4) is 11.3 Å². The predicted octanol–water partition coefficient (Wildman–Crippen LogP) is 3.68. The first-order valence-corrected chi connectivity index (χ1v) is 11.3. The molecule has 4 aromatic rings. The van der Waals surface area contributed by atoms with E-state index in [2.05, 4.69) is 21.9 Å². The minimum absolute atomic E-state index is 0.0848. The van der Waals surface area contributed by atoms with E-state index < -0.39 is 0 Å². The SMILES string of the molecule is C=CC(=O)N(C)[C@H]1C[C@@H](n2nc(-c3ccc(C(=O)Nc4ccccc4)cc3)c3c(N)ncnc32)C1. The Labute approximate surface area is 202 Å². The monoisotopic (exact) mass is 467 g/mol. The lowest BCUT2D eigenvalue weighted by molar-refractivity contribution is -0.129. The summed E-state index contributed by atoms with van der Waals surface area (Å²) in [5.41, 5.74) is 9.61. The van der Waals surface area contributed by atoms with E-state index in [-0.39, 0.29) is 23.9 Å². The van der Waals surface area contributed by atoms with E-state index in [9.17, 15) is 9.59 Å². The van der Waals surface area contributed by atoms with Crippen LogP contribution in [0.4, 0.5) is 11.5 Å². The summed E-state index contributed by atoms with van der Waals surface area (Å²) in [6.07, 6.45) is 4.27. The molecule has 2 aromatic heterocycles. The largest absolute Gasteiger partial charge is 0.383 e. The van der Waals surface area contributed by atoms with Crippen molar-refractivity contribution >= 4 is 34.4 Å². The molecule has 1 aliphatic carbocycles. The van der Waals surface area contributed by atoms with Crippen molar-refractivity contribution in [1.82, 2.24) is 24.6 Å². The highest BCUT2D eigenvalue weighted by molar-refractivity contribution is 6.05. The highest BCUT2D eigenvalue weighted by atomic mass is 16.2. The molecule has 0 bridgehead atoms. The van der Waals surface area contributed by atoms with Gasteiger partial charge >= 0.3 is 0 Å². The van der Waals surface area contributed by atoms with Gasteiger partial charge in [-0.2, -0.15) is 5.10 Å². The Bertz CT molecular complexity index is 1410. The lowest BCUT2D eigenvalue weighted by atomic mass is 9.85. The number of fused-ring (bicyclic) bond motifs is 1. The molecule has 0 unspecified atom stereocenters. The maximum atomic E-state index is 12.6. The van der Waals surface area contributed by atoms with E-state index in [1.165, 1.54) is 12.4 Å². The molecule has 5 rings (SSSR count). The quantitative estimate of drug-likeness (QED) is 0.418. The van der Waals surface area contributed by atoms with Gasteiger partial charge in [0.05, 0.1) is 11.4 Å². The number of hydrogen-bond donors (Lipinski definition) is 2. The van der Waals surface area contributed by atoms with Crippen LogP contribution >= 0.6 is 0 Å². The number of amides is 2. The van der Waals surface area contributed by atoms with Crippen LogP contribution < -0.4 is 11.1 Å². The summed E-state index contributed by atoms with van der Waals surface area (Å²) in [7, 11) is 1.78. The number of likely N-dealkylation sites (N-methyl/N-ethyl adjacent to an activating group) is 1. The van der Waals surface area contributed by atoms with Crippen LogP contribution in [0.25, 0.3) is 22.3 Å². The number of hydrogen-bond acceptors (Lipinski definition) is 6. The summed E-state index contributed by atoms with van der Waals surface area (Å²) < 4.78 is 1.88. The zero-order chi connectivity index (χ0) is 24.5. The standard InChI is InChI=1S/C26H25N7O2/c1-3-21(34)32(2)19-13-20(14-19)33-25-22(24(27)28-15-29-25)23(31-33)16-9-11-17(12-10-16)26(35)30-18-7-5-4-6-8-18/h3-12,15,19-20H,1,13-14H2,2H3,(H,30,35)(H2,27,28,29)/t19-,20+. The molecule has 0 radical (unpaired) electrons. The molecular formula is C26H25N7O2. The number of carbonyl (C=O) groups is 2. The summed E-state index contributed by atoms with van der Waals surface area (Å²) in [5.74, 6) is 0.0547. The molecule has 176 valence electrons. The number of rotatable bonds is 6. The van der Waals surface area contributed by atoms with Gasteiger partial charge in [0.2, 0.25) is 5.91 Å². The third kappa shape index (κ3) is 4.12. The number of nitrogens with one attached hydrogen (secondary N) is 1. The van der Waals surface area contributed by atoms with Gasteiger partial charge in [-0.05, 0) is 43.2 Å². The fraction of sp³-hybridized carbons (Fsp3) is 0.192. The third-order valence-electron chi connectivity index (χ3n) is 6.47. The zero-order valence-corrected chi connectivity index (χ0v) is 19.3. The Hall–Kier alpha value is -4.53. The van der Waals surface area contributed by atoms with E-state index >= 15 is 0 Å². The van der Waals surface area contributed by atoms with Crippen molar-refractivity contribution in [2.24, 2.45) is 0 Å². The molecule has 2 heterocycles. The second kappa shape index (κ2) is 9.02. The average molecular weight is 468 g/mol. The maximum absolute atomic E-state index is 12.6. The highest BCUT2D eigenvalue weighted by Crippen LogP contribution is 2.39. The number of aromatic nitrogens is 4. The van der Waals surface area contributed by atoms with Gasteiger partial charge in [0.25, 0.3) is 5.91 Å². The van der Waals surface area contributed by atoms with Crippen LogP contribution in [-0.4, -0.2) is 49.6 Å². The molecule has 0 atom stereocenters. The maximum Gasteiger partial charge on any atom is 0.255 e. The third-order valence-corrected chi connectivity index (χ3v) is 6.47. The fourth-order valence-corrected chi connectivity index (χ4v) is 4.36. The van der Waals surface area contributed by atoms with Gasteiger partial charge < -0.3 is 16.0 Å². The van der Waals surface area contributed by atoms with Gasteiger partial charge in [-0.1, -0.05) is 36.9 Å². The number of nitrogen functional groups attached to an aromatic ring is 1. The van der Waals surface area contributed by atoms with Gasteiger partial charge in [-0.3, -0.25) is 9.59 Å². The van der Waals surface area contributed by atoms with Gasteiger partial charge in [-0.15, -0.1) is 0 Å². The first-order valence-electron chi connectivity index (χ1n) is 11.3. The first kappa shape index (κ1) is 22.3. The predicted molar refractivity (Wildman–Crippen MR) is 135 cm³/mol. The molecule has 9 heteroatoms. The smallest absolute Gasteiger partial charge is 0.255 e. The zero-order valence-electron chi connectivity index (χ0n) is 19.3. The van der Waals surface area contributed by atoms with E-state index in [0.29, 0.717) is 28.1 Å². The minimum atomic E-state index is -0.195. The van der Waals surface area contributed by atoms with Crippen LogP contribution in [0.15, 0.2) is 73.6 Å². The number of nitrogens with two attached hydrogens (primary N) is 1. The first-order chi connectivity index (χ1) is 17.0. The number of carbonyl (C=O) groups excluding carboxylic acids is 2. The molecule has 3 N–H and O–H groups in total. The van der Waals surface area contributed by atoms with E-state index in [4.69, 9.17) is 10.8 Å². The topological polar surface area (TPSA) is 119 Å². The second-order valence-corrected chi connectivity index (χ2v) is 8.58. The van der Waals surface area contributed by atoms with Crippen molar-refractivity contribution in [2.45, 2.75) is 24.9 Å². The molecule has 1 aliphatic rings. The van der Waals surface area contributed by atoms with Gasteiger partial charge in [0.1, 0.15) is 17.8 Å². The van der Waals surface area contributed by atoms with Crippen LogP contribution in [-0.2, 0) is 4.79 Å². The van der Waals surface area contributed by atoms with E-state index in [1.54, 1.807) is 24.1 Å². The fourth-order valence-electron chi connectivity index (χ4n) is 4.36. The highest BCUT2D eigenvalue weighted by Gasteiger charge is 2.37. The molecule has 1 fully saturated rings. The summed E-state index contributed by atoms with van der Waals surface area (Å²) in [6, 6.07) is 16.7. The Kier molecular flexibility index (Phi) is 5.74. The number of benzene rings is 2. The number of para-hydroxylation sites is 1. The van der Waals surface area contributed by atoms with Crippen molar-refractivity contribution in [1.29, 1.82) is 0 Å². The number of nitrogens with zero attached hydrogens (tertiary/aromatic N) is 5. The Morgan fingerprint density at radius 1 is 1.11 bits per heavy atom. The average Bonchev–Trinajstić information content (AvgIpc) is 3.24. The molecule has 2 aromatic carbocycles. The van der Waals surface area contributed by atoms with Crippen LogP contribution in [0.1, 0.15) is 29.2 Å². The van der Waals surface area contributed by atoms with Crippen LogP contribution in [0.3, 0.4) is 0 Å². The van der Waals surface area contributed by atoms with Crippen LogP contribution in [0, 0.1) is 0 Å². The molecule has 2 amide bonds. The molecule has 9 nitrogen and oxygen atoms in total. The molecule has 0 saturated heterocycles. The molecular weight excluding hydrogens is 442 g/mol. The van der Waals surface area contributed by atoms with Crippen molar-refractivity contribution in [2.75, 3.05) is 18.1 Å². The van der Waals surface area contributed by atoms with Crippen molar-refractivity contribution < 1.29 is 9.59 Å². The normalized spacial score (nSPS) is 16.9. The minimum Gasteiger partial charge on any atom is -0.383 e. The van der Waals surface area contributed by atoms with Crippen LogP contribution in [0.5, 0.6) is 0 Å². The van der Waals surface area contributed by atoms with Crippen LogP contribution in [0.2, 0.25) is 0 Å². The summed E-state index contributed by atoms with van der Waals surface area (Å²) >= 11 is 0. The Morgan fingerprint density at radius 3 is 2.51 bits per heavy atom. The number of anilines is 2. The summed E-state index contributed by atoms with van der Waals surface area (Å²) in [4.78, 5) is 34.9. The molecule has 1 saturated carbocycles. The Balaban J connectivity index is 1.42. The lowest BCUT2D eigenvalue weighted by Crippen LogP contribution is -2.45. The molecule has 0 aliphatic heterocycles. The molecule has 35 heavy (non-hydrogen) atoms. The van der Waals surface area contributed by atoms with Gasteiger partial charge in [0.15, 0.2) is 5.65 Å². The van der Waals surface area contributed by atoms with E-state index in [1.807, 2.05) is 47.1 Å². The van der Waals surface area contributed by atoms with Crippen molar-refractivity contribution in [3.05, 3.63) is 79.1 Å². The molecule has 0 spiro atoms. The summed E-state index contributed by atoms with van der Waals surface area (Å²) in [5, 5.41) is 8.41. The van der Waals surface area contributed by atoms with Gasteiger partial charge in [-0.25, -0.2) is 14.6 Å².